The molecule has 0 radical (unpaired) electrons. The fraction of sp³-hybridized carbons (Fsp3) is 0.0364. The maximum absolute atomic E-state index is 6.60. The van der Waals surface area contributed by atoms with Crippen molar-refractivity contribution in [2.45, 2.75) is 13.8 Å². The first kappa shape index (κ1) is 34.9. The highest BCUT2D eigenvalue weighted by Crippen LogP contribution is 2.43. The van der Waals surface area contributed by atoms with Gasteiger partial charge in [-0.1, -0.05) is 153 Å². The highest BCUT2D eigenvalue weighted by molar-refractivity contribution is 6.24. The molecule has 0 unspecified atom stereocenters. The molecule has 6 heteroatoms. The second-order valence-corrected chi connectivity index (χ2v) is 15.1. The van der Waals surface area contributed by atoms with Crippen LogP contribution in [0.3, 0.4) is 0 Å². The highest BCUT2D eigenvalue weighted by atomic mass is 16.3. The van der Waals surface area contributed by atoms with Crippen molar-refractivity contribution in [3.63, 3.8) is 0 Å². The SMILES string of the molecule is CC.c1ccc(-c2nc(-c3ccc4c(c3)oc3ccccc34)nc(-n3c4ccc5ccccc5c4c4cccc(-c5ccc6c(c5)oc5ccc7ccccc7c56)c43)n2)cc1. The van der Waals surface area contributed by atoms with Crippen molar-refractivity contribution in [2.24, 2.45) is 0 Å². The van der Waals surface area contributed by atoms with Crippen molar-refractivity contribution in [3.8, 4) is 39.9 Å². The number of furan rings is 2. The number of hydrogen-bond acceptors (Lipinski definition) is 5. The topological polar surface area (TPSA) is 69.9 Å². The van der Waals surface area contributed by atoms with Gasteiger partial charge in [-0.25, -0.2) is 4.98 Å². The number of para-hydroxylation sites is 2. The van der Waals surface area contributed by atoms with E-state index in [1.54, 1.807) is 0 Å². The Hall–Kier alpha value is -8.09. The molecule has 0 amide bonds. The number of benzene rings is 9. The van der Waals surface area contributed by atoms with Crippen molar-refractivity contribution in [2.75, 3.05) is 0 Å². The van der Waals surface area contributed by atoms with E-state index < -0.39 is 0 Å². The molecule has 13 aromatic rings. The Balaban J connectivity index is 0.00000197. The van der Waals surface area contributed by atoms with Crippen LogP contribution in [-0.2, 0) is 0 Å². The Morgan fingerprint density at radius 3 is 1.79 bits per heavy atom. The smallest absolute Gasteiger partial charge is 0.238 e. The molecular weight excluding hydrogens is 749 g/mol. The molecule has 288 valence electrons. The third-order valence-corrected chi connectivity index (χ3v) is 11.8. The number of aromatic nitrogens is 4. The lowest BCUT2D eigenvalue weighted by Gasteiger charge is -2.13. The first-order valence-corrected chi connectivity index (χ1v) is 20.8. The van der Waals surface area contributed by atoms with Crippen LogP contribution in [0.15, 0.2) is 191 Å². The fourth-order valence-corrected chi connectivity index (χ4v) is 9.17. The Kier molecular flexibility index (Phi) is 7.87. The molecule has 0 bridgehead atoms. The van der Waals surface area contributed by atoms with Crippen molar-refractivity contribution in [1.82, 2.24) is 19.5 Å². The van der Waals surface area contributed by atoms with Gasteiger partial charge in [-0.15, -0.1) is 0 Å². The molecule has 6 nitrogen and oxygen atoms in total. The zero-order valence-electron chi connectivity index (χ0n) is 33.4. The Morgan fingerprint density at radius 2 is 0.967 bits per heavy atom. The Bertz CT molecular complexity index is 3860. The second kappa shape index (κ2) is 13.8. The molecule has 61 heavy (non-hydrogen) atoms. The molecule has 0 aliphatic heterocycles. The lowest BCUT2D eigenvalue weighted by molar-refractivity contribution is 0.668. The monoisotopic (exact) mass is 784 g/mol. The quantitative estimate of drug-likeness (QED) is 0.178. The molecule has 9 aromatic carbocycles. The maximum atomic E-state index is 6.60. The summed E-state index contributed by atoms with van der Waals surface area (Å²) in [6.07, 6.45) is 0. The minimum atomic E-state index is 0.526. The molecule has 0 N–H and O–H groups in total. The summed E-state index contributed by atoms with van der Waals surface area (Å²) in [6, 6.07) is 63.3. The first-order valence-electron chi connectivity index (χ1n) is 20.8. The summed E-state index contributed by atoms with van der Waals surface area (Å²) in [5, 5.41) is 11.3. The number of fused-ring (bicyclic) bond motifs is 13. The van der Waals surface area contributed by atoms with E-state index in [1.165, 1.54) is 21.5 Å². The zero-order valence-corrected chi connectivity index (χ0v) is 33.4. The van der Waals surface area contributed by atoms with Gasteiger partial charge in [0.2, 0.25) is 5.95 Å². The van der Waals surface area contributed by atoms with Crippen LogP contribution in [-0.4, -0.2) is 19.5 Å². The van der Waals surface area contributed by atoms with Gasteiger partial charge in [-0.2, -0.15) is 9.97 Å². The molecule has 0 spiro atoms. The summed E-state index contributed by atoms with van der Waals surface area (Å²) in [7, 11) is 0. The molecule has 0 saturated carbocycles. The van der Waals surface area contributed by atoms with Crippen LogP contribution in [0.5, 0.6) is 0 Å². The van der Waals surface area contributed by atoms with Gasteiger partial charge in [-0.3, -0.25) is 4.57 Å². The standard InChI is InChI=1S/C53H30N4O2.C2H6/c1-2-13-33(14-3-1)51-54-52(35-22-25-40-39-17-8-9-20-44(39)58-46(40)30-35)56-53(55-51)57-43-27-23-31-11-4-6-15-36(31)48(43)42-19-10-18-38(50(42)57)34-21-26-41-47(29-34)59-45-28-24-32-12-5-7-16-37(32)49(41)45;1-2/h1-30H;1-2H3. The summed E-state index contributed by atoms with van der Waals surface area (Å²) in [6.45, 7) is 4.00. The fourth-order valence-electron chi connectivity index (χ4n) is 9.17. The second-order valence-electron chi connectivity index (χ2n) is 15.1. The molecule has 13 rings (SSSR count). The van der Waals surface area contributed by atoms with Crippen molar-refractivity contribution >= 4 is 87.2 Å². The molecule has 0 aliphatic rings. The molecule has 0 saturated heterocycles. The van der Waals surface area contributed by atoms with Gasteiger partial charge in [0.1, 0.15) is 22.3 Å². The number of nitrogens with zero attached hydrogens (tertiary/aromatic N) is 4. The summed E-state index contributed by atoms with van der Waals surface area (Å²) >= 11 is 0. The first-order chi connectivity index (χ1) is 30.2. The predicted octanol–water partition coefficient (Wildman–Crippen LogP) is 15.1. The highest BCUT2D eigenvalue weighted by Gasteiger charge is 2.23. The van der Waals surface area contributed by atoms with Crippen LogP contribution in [0.25, 0.3) is 127 Å². The average Bonchev–Trinajstić information content (AvgIpc) is 4.01. The summed E-state index contributed by atoms with van der Waals surface area (Å²) in [5.74, 6) is 1.66. The van der Waals surface area contributed by atoms with E-state index in [9.17, 15) is 0 Å². The summed E-state index contributed by atoms with van der Waals surface area (Å²) in [5.41, 5.74) is 9.18. The minimum absolute atomic E-state index is 0.526. The average molecular weight is 785 g/mol. The lowest BCUT2D eigenvalue weighted by atomic mass is 9.98. The molecule has 4 heterocycles. The molecule has 0 atom stereocenters. The van der Waals surface area contributed by atoms with E-state index >= 15 is 0 Å². The minimum Gasteiger partial charge on any atom is -0.456 e. The van der Waals surface area contributed by atoms with Crippen LogP contribution < -0.4 is 0 Å². The number of rotatable bonds is 4. The molecule has 0 fully saturated rings. The third-order valence-electron chi connectivity index (χ3n) is 11.8. The normalized spacial score (nSPS) is 11.8. The van der Waals surface area contributed by atoms with Gasteiger partial charge in [-0.05, 0) is 69.6 Å². The van der Waals surface area contributed by atoms with Gasteiger partial charge in [0.05, 0.1) is 11.0 Å². The summed E-state index contributed by atoms with van der Waals surface area (Å²) in [4.78, 5) is 15.7. The zero-order chi connectivity index (χ0) is 40.6. The van der Waals surface area contributed by atoms with Crippen molar-refractivity contribution in [1.29, 1.82) is 0 Å². The lowest BCUT2D eigenvalue weighted by Crippen LogP contribution is -2.07. The van der Waals surface area contributed by atoms with Crippen LogP contribution in [0.4, 0.5) is 0 Å². The summed E-state index contributed by atoms with van der Waals surface area (Å²) < 4.78 is 15.2. The van der Waals surface area contributed by atoms with E-state index in [1.807, 2.05) is 68.4 Å². The number of hydrogen-bond donors (Lipinski definition) is 0. The van der Waals surface area contributed by atoms with Gasteiger partial charge in [0.15, 0.2) is 11.6 Å². The van der Waals surface area contributed by atoms with Gasteiger partial charge >= 0.3 is 0 Å². The predicted molar refractivity (Wildman–Crippen MR) is 251 cm³/mol. The van der Waals surface area contributed by atoms with E-state index in [-0.39, 0.29) is 0 Å². The Labute approximate surface area is 350 Å². The largest absolute Gasteiger partial charge is 0.456 e. The van der Waals surface area contributed by atoms with E-state index in [0.29, 0.717) is 17.6 Å². The van der Waals surface area contributed by atoms with Crippen LogP contribution in [0.1, 0.15) is 13.8 Å². The van der Waals surface area contributed by atoms with Gasteiger partial charge in [0, 0.05) is 49.0 Å². The molecule has 4 aromatic heterocycles. The van der Waals surface area contributed by atoms with Crippen LogP contribution in [0.2, 0.25) is 0 Å². The van der Waals surface area contributed by atoms with E-state index in [0.717, 1.165) is 87.9 Å². The maximum Gasteiger partial charge on any atom is 0.238 e. The van der Waals surface area contributed by atoms with Gasteiger partial charge in [0.25, 0.3) is 0 Å². The van der Waals surface area contributed by atoms with E-state index in [4.69, 9.17) is 23.8 Å². The van der Waals surface area contributed by atoms with Crippen LogP contribution >= 0.6 is 0 Å². The van der Waals surface area contributed by atoms with Crippen molar-refractivity contribution in [3.05, 3.63) is 182 Å². The van der Waals surface area contributed by atoms with Gasteiger partial charge < -0.3 is 8.83 Å². The third kappa shape index (κ3) is 5.39. The molecular formula is C55H36N4O2. The van der Waals surface area contributed by atoms with Crippen LogP contribution in [0, 0.1) is 0 Å². The molecule has 0 aliphatic carbocycles. The Morgan fingerprint density at radius 1 is 0.377 bits per heavy atom. The van der Waals surface area contributed by atoms with E-state index in [2.05, 4.69) is 132 Å². The van der Waals surface area contributed by atoms with Crippen molar-refractivity contribution < 1.29 is 8.83 Å².